The van der Waals surface area contributed by atoms with Crippen LogP contribution in [0.3, 0.4) is 0 Å². The average molecular weight is 423 g/mol. The van der Waals surface area contributed by atoms with Gasteiger partial charge < -0.3 is 9.80 Å². The monoisotopic (exact) mass is 422 g/mol. The first-order valence-electron chi connectivity index (χ1n) is 11.8. The van der Waals surface area contributed by atoms with E-state index in [1.807, 2.05) is 18.7 Å². The summed E-state index contributed by atoms with van der Waals surface area (Å²) >= 11 is 0. The molecule has 5 heteroatoms. The lowest BCUT2D eigenvalue weighted by Gasteiger charge is -2.37. The summed E-state index contributed by atoms with van der Waals surface area (Å²) in [5.74, 6) is 2.82. The number of aromatic nitrogens is 2. The molecule has 0 saturated carbocycles. The summed E-state index contributed by atoms with van der Waals surface area (Å²) in [6.07, 6.45) is 2.62. The Kier molecular flexibility index (Phi) is 7.69. The molecule has 0 atom stereocenters. The predicted octanol–water partition coefficient (Wildman–Crippen LogP) is 4.44. The van der Waals surface area contributed by atoms with Crippen molar-refractivity contribution < 1.29 is 4.79 Å². The van der Waals surface area contributed by atoms with Crippen molar-refractivity contribution in [3.63, 3.8) is 0 Å². The molecule has 31 heavy (non-hydrogen) atoms. The van der Waals surface area contributed by atoms with Crippen LogP contribution in [0.4, 0.5) is 5.82 Å². The van der Waals surface area contributed by atoms with Crippen LogP contribution in [0.2, 0.25) is 0 Å². The standard InChI is InChI=1S/C26H38N4O/c1-7-23-22(17-21-10-8-20(6)9-11-21)25(28-24(27-23)16-18(2)3)29-12-14-30(15-13-29)26(31)19(4)5/h8-11,18-19H,7,12-17H2,1-6H3. The highest BCUT2D eigenvalue weighted by Crippen LogP contribution is 2.27. The van der Waals surface area contributed by atoms with Gasteiger partial charge in [-0.2, -0.15) is 0 Å². The zero-order valence-electron chi connectivity index (χ0n) is 20.1. The lowest BCUT2D eigenvalue weighted by molar-refractivity contribution is -0.134. The molecule has 2 heterocycles. The number of rotatable bonds is 7. The Hall–Kier alpha value is -2.43. The van der Waals surface area contributed by atoms with Crippen molar-refractivity contribution in [3.05, 3.63) is 52.5 Å². The molecule has 0 unspecified atom stereocenters. The first-order valence-corrected chi connectivity index (χ1v) is 11.8. The van der Waals surface area contributed by atoms with E-state index < -0.39 is 0 Å². The number of piperazine rings is 1. The molecular weight excluding hydrogens is 384 g/mol. The first-order chi connectivity index (χ1) is 14.8. The molecule has 1 aromatic heterocycles. The third kappa shape index (κ3) is 5.84. The molecule has 0 radical (unpaired) electrons. The average Bonchev–Trinajstić information content (AvgIpc) is 2.75. The van der Waals surface area contributed by atoms with Crippen LogP contribution < -0.4 is 4.90 Å². The number of anilines is 1. The molecule has 5 nitrogen and oxygen atoms in total. The maximum atomic E-state index is 12.4. The van der Waals surface area contributed by atoms with Gasteiger partial charge >= 0.3 is 0 Å². The molecule has 0 spiro atoms. The van der Waals surface area contributed by atoms with E-state index in [-0.39, 0.29) is 11.8 Å². The van der Waals surface area contributed by atoms with Crippen LogP contribution in [0.1, 0.15) is 62.8 Å². The van der Waals surface area contributed by atoms with Crippen molar-refractivity contribution in [3.8, 4) is 0 Å². The number of hydrogen-bond acceptors (Lipinski definition) is 4. The summed E-state index contributed by atoms with van der Waals surface area (Å²) < 4.78 is 0. The third-order valence-corrected chi connectivity index (χ3v) is 5.93. The van der Waals surface area contributed by atoms with Crippen LogP contribution in [-0.2, 0) is 24.1 Å². The highest BCUT2D eigenvalue weighted by atomic mass is 16.2. The largest absolute Gasteiger partial charge is 0.353 e. The van der Waals surface area contributed by atoms with Crippen LogP contribution in [0, 0.1) is 18.8 Å². The van der Waals surface area contributed by atoms with Crippen molar-refractivity contribution in [1.29, 1.82) is 0 Å². The van der Waals surface area contributed by atoms with Crippen molar-refractivity contribution in [2.45, 2.75) is 60.8 Å². The Balaban J connectivity index is 1.93. The fourth-order valence-electron chi connectivity index (χ4n) is 4.17. The Labute approximate surface area is 187 Å². The van der Waals surface area contributed by atoms with E-state index in [4.69, 9.17) is 9.97 Å². The van der Waals surface area contributed by atoms with Crippen LogP contribution in [0.15, 0.2) is 24.3 Å². The van der Waals surface area contributed by atoms with E-state index in [1.54, 1.807) is 0 Å². The smallest absolute Gasteiger partial charge is 0.225 e. The summed E-state index contributed by atoms with van der Waals surface area (Å²) in [5, 5.41) is 0. The summed E-state index contributed by atoms with van der Waals surface area (Å²) in [4.78, 5) is 26.8. The maximum Gasteiger partial charge on any atom is 0.225 e. The molecular formula is C26H38N4O. The second-order valence-electron chi connectivity index (χ2n) is 9.47. The molecule has 1 aliphatic heterocycles. The minimum atomic E-state index is 0.0482. The number of amides is 1. The second-order valence-corrected chi connectivity index (χ2v) is 9.47. The Morgan fingerprint density at radius 3 is 2.19 bits per heavy atom. The molecule has 3 rings (SSSR count). The summed E-state index contributed by atoms with van der Waals surface area (Å²) in [7, 11) is 0. The number of aryl methyl sites for hydroxylation is 2. The topological polar surface area (TPSA) is 49.3 Å². The highest BCUT2D eigenvalue weighted by molar-refractivity contribution is 5.78. The number of nitrogens with zero attached hydrogens (tertiary/aromatic N) is 4. The van der Waals surface area contributed by atoms with E-state index in [1.165, 1.54) is 16.7 Å². The van der Waals surface area contributed by atoms with Gasteiger partial charge in [0, 0.05) is 56.2 Å². The minimum Gasteiger partial charge on any atom is -0.353 e. The van der Waals surface area contributed by atoms with Crippen molar-refractivity contribution in [1.82, 2.24) is 14.9 Å². The van der Waals surface area contributed by atoms with Gasteiger partial charge in [0.1, 0.15) is 11.6 Å². The Morgan fingerprint density at radius 1 is 1.00 bits per heavy atom. The van der Waals surface area contributed by atoms with Crippen molar-refractivity contribution in [2.24, 2.45) is 11.8 Å². The SMILES string of the molecule is CCc1nc(CC(C)C)nc(N2CCN(C(=O)C(C)C)CC2)c1Cc1ccc(C)cc1. The summed E-state index contributed by atoms with van der Waals surface area (Å²) in [6.45, 7) is 15.8. The fraction of sp³-hybridized carbons (Fsp3) is 0.577. The Bertz CT molecular complexity index is 881. The molecule has 1 fully saturated rings. The van der Waals surface area contributed by atoms with Crippen LogP contribution >= 0.6 is 0 Å². The number of carbonyl (C=O) groups excluding carboxylic acids is 1. The highest BCUT2D eigenvalue weighted by Gasteiger charge is 2.26. The molecule has 2 aromatic rings. The van der Waals surface area contributed by atoms with Gasteiger partial charge in [0.05, 0.1) is 0 Å². The molecule has 1 aliphatic rings. The number of carbonyl (C=O) groups is 1. The molecule has 168 valence electrons. The van der Waals surface area contributed by atoms with Crippen molar-refractivity contribution >= 4 is 11.7 Å². The van der Waals surface area contributed by atoms with E-state index in [0.29, 0.717) is 5.92 Å². The predicted molar refractivity (Wildman–Crippen MR) is 128 cm³/mol. The van der Waals surface area contributed by atoms with Gasteiger partial charge in [-0.1, -0.05) is 64.4 Å². The second kappa shape index (κ2) is 10.3. The molecule has 1 amide bonds. The Morgan fingerprint density at radius 2 is 1.65 bits per heavy atom. The number of hydrogen-bond donors (Lipinski definition) is 0. The quantitative estimate of drug-likeness (QED) is 0.662. The van der Waals surface area contributed by atoms with E-state index in [9.17, 15) is 4.79 Å². The van der Waals surface area contributed by atoms with Gasteiger partial charge in [-0.3, -0.25) is 4.79 Å². The maximum absolute atomic E-state index is 12.4. The summed E-state index contributed by atoms with van der Waals surface area (Å²) in [6, 6.07) is 8.76. The van der Waals surface area contributed by atoms with Gasteiger partial charge in [0.2, 0.25) is 5.91 Å². The van der Waals surface area contributed by atoms with Gasteiger partial charge in [-0.05, 0) is 24.8 Å². The lowest BCUT2D eigenvalue weighted by Crippen LogP contribution is -2.50. The zero-order chi connectivity index (χ0) is 22.5. The summed E-state index contributed by atoms with van der Waals surface area (Å²) in [5.41, 5.74) is 4.95. The van der Waals surface area contributed by atoms with Gasteiger partial charge in [-0.15, -0.1) is 0 Å². The minimum absolute atomic E-state index is 0.0482. The van der Waals surface area contributed by atoms with Gasteiger partial charge in [0.25, 0.3) is 0 Å². The molecule has 0 aliphatic carbocycles. The van der Waals surface area contributed by atoms with Crippen LogP contribution in [-0.4, -0.2) is 47.0 Å². The molecule has 0 N–H and O–H groups in total. The molecule has 0 bridgehead atoms. The molecule has 1 saturated heterocycles. The van der Waals surface area contributed by atoms with Crippen molar-refractivity contribution in [2.75, 3.05) is 31.1 Å². The van der Waals surface area contributed by atoms with Crippen LogP contribution in [0.5, 0.6) is 0 Å². The fourth-order valence-corrected chi connectivity index (χ4v) is 4.17. The van der Waals surface area contributed by atoms with Gasteiger partial charge in [-0.25, -0.2) is 9.97 Å². The third-order valence-electron chi connectivity index (χ3n) is 5.93. The van der Waals surface area contributed by atoms with E-state index in [2.05, 4.69) is 56.9 Å². The normalized spacial score (nSPS) is 14.6. The van der Waals surface area contributed by atoms with Gasteiger partial charge in [0.15, 0.2) is 0 Å². The zero-order valence-corrected chi connectivity index (χ0v) is 20.1. The lowest BCUT2D eigenvalue weighted by atomic mass is 10.00. The number of benzene rings is 1. The van der Waals surface area contributed by atoms with E-state index in [0.717, 1.165) is 62.8 Å². The van der Waals surface area contributed by atoms with Crippen LogP contribution in [0.25, 0.3) is 0 Å². The van der Waals surface area contributed by atoms with E-state index >= 15 is 0 Å². The molecule has 1 aromatic carbocycles. The first kappa shape index (κ1) is 23.2.